The lowest BCUT2D eigenvalue weighted by Gasteiger charge is -2.12. The molecule has 1 aliphatic heterocycles. The van der Waals surface area contributed by atoms with Gasteiger partial charge >= 0.3 is 0 Å². The van der Waals surface area contributed by atoms with Crippen LogP contribution >= 0.6 is 0 Å². The zero-order chi connectivity index (χ0) is 11.2. The first-order valence-corrected chi connectivity index (χ1v) is 5.99. The first-order chi connectivity index (χ1) is 7.86. The van der Waals surface area contributed by atoms with Crippen molar-refractivity contribution in [1.82, 2.24) is 9.97 Å². The van der Waals surface area contributed by atoms with Gasteiger partial charge in [0.2, 0.25) is 0 Å². The molecule has 0 saturated carbocycles. The van der Waals surface area contributed by atoms with Crippen LogP contribution in [0.2, 0.25) is 0 Å². The summed E-state index contributed by atoms with van der Waals surface area (Å²) in [4.78, 5) is 8.23. The summed E-state index contributed by atoms with van der Waals surface area (Å²) >= 11 is 0. The largest absolute Gasteiger partial charge is 0.378 e. The minimum Gasteiger partial charge on any atom is -0.378 e. The quantitative estimate of drug-likeness (QED) is 0.824. The van der Waals surface area contributed by atoms with Crippen LogP contribution in [0.3, 0.4) is 0 Å². The summed E-state index contributed by atoms with van der Waals surface area (Å²) in [6, 6.07) is 0.00935. The number of ether oxygens (including phenoxy) is 1. The van der Waals surface area contributed by atoms with Gasteiger partial charge in [-0.05, 0) is 32.1 Å². The van der Waals surface area contributed by atoms with E-state index in [0.29, 0.717) is 6.10 Å². The van der Waals surface area contributed by atoms with Crippen LogP contribution in [0.15, 0.2) is 18.6 Å². The number of nitrogens with zero attached hydrogens (tertiary/aromatic N) is 2. The van der Waals surface area contributed by atoms with Crippen LogP contribution in [-0.2, 0) is 4.74 Å². The molecule has 0 aromatic carbocycles. The van der Waals surface area contributed by atoms with Crippen molar-refractivity contribution >= 4 is 0 Å². The smallest absolute Gasteiger partial charge is 0.0753 e. The molecule has 2 unspecified atom stereocenters. The van der Waals surface area contributed by atoms with E-state index in [0.717, 1.165) is 31.6 Å². The van der Waals surface area contributed by atoms with E-state index in [1.807, 2.05) is 0 Å². The minimum absolute atomic E-state index is 0.00935. The maximum atomic E-state index is 6.04. The van der Waals surface area contributed by atoms with Gasteiger partial charge in [-0.15, -0.1) is 0 Å². The zero-order valence-corrected chi connectivity index (χ0v) is 9.51. The van der Waals surface area contributed by atoms with E-state index in [1.54, 1.807) is 18.6 Å². The zero-order valence-electron chi connectivity index (χ0n) is 9.51. The van der Waals surface area contributed by atoms with E-state index in [9.17, 15) is 0 Å². The fourth-order valence-electron chi connectivity index (χ4n) is 2.09. The Morgan fingerprint density at radius 2 is 2.44 bits per heavy atom. The lowest BCUT2D eigenvalue weighted by molar-refractivity contribution is 0.101. The number of hydrogen-bond acceptors (Lipinski definition) is 4. The van der Waals surface area contributed by atoms with E-state index >= 15 is 0 Å². The van der Waals surface area contributed by atoms with E-state index in [1.165, 1.54) is 12.8 Å². The second-order valence-electron chi connectivity index (χ2n) is 4.30. The van der Waals surface area contributed by atoms with Crippen LogP contribution in [-0.4, -0.2) is 22.7 Å². The molecule has 0 bridgehead atoms. The normalized spacial score (nSPS) is 22.2. The van der Waals surface area contributed by atoms with Gasteiger partial charge in [0, 0.05) is 31.2 Å². The van der Waals surface area contributed by atoms with E-state index in [-0.39, 0.29) is 6.04 Å². The Morgan fingerprint density at radius 1 is 1.50 bits per heavy atom. The van der Waals surface area contributed by atoms with Crippen molar-refractivity contribution < 1.29 is 4.74 Å². The molecule has 0 aliphatic carbocycles. The fourth-order valence-corrected chi connectivity index (χ4v) is 2.09. The number of nitrogens with two attached hydrogens (primary N) is 1. The standard InChI is InChI=1S/C12H19N3O/c13-11(12-9-14-6-7-15-12)5-1-3-10-4-2-8-16-10/h6-7,9-11H,1-5,8,13H2. The molecule has 2 rings (SSSR count). The number of aromatic nitrogens is 2. The molecule has 4 nitrogen and oxygen atoms in total. The molecule has 1 aromatic heterocycles. The molecule has 1 aromatic rings. The van der Waals surface area contributed by atoms with Gasteiger partial charge in [0.1, 0.15) is 0 Å². The second-order valence-corrected chi connectivity index (χ2v) is 4.30. The summed E-state index contributed by atoms with van der Waals surface area (Å²) < 4.78 is 5.57. The molecule has 2 N–H and O–H groups in total. The predicted molar refractivity (Wildman–Crippen MR) is 61.8 cm³/mol. The van der Waals surface area contributed by atoms with Gasteiger partial charge in [-0.1, -0.05) is 0 Å². The Labute approximate surface area is 96.2 Å². The van der Waals surface area contributed by atoms with Gasteiger partial charge in [-0.25, -0.2) is 0 Å². The van der Waals surface area contributed by atoms with Crippen molar-refractivity contribution in [1.29, 1.82) is 0 Å². The van der Waals surface area contributed by atoms with Gasteiger partial charge in [-0.2, -0.15) is 0 Å². The van der Waals surface area contributed by atoms with Gasteiger partial charge in [0.25, 0.3) is 0 Å². The molecule has 2 heterocycles. The second kappa shape index (κ2) is 5.92. The Balaban J connectivity index is 1.69. The van der Waals surface area contributed by atoms with Crippen molar-refractivity contribution in [2.45, 2.75) is 44.2 Å². The molecule has 1 aliphatic rings. The van der Waals surface area contributed by atoms with E-state index in [2.05, 4.69) is 9.97 Å². The molecule has 0 radical (unpaired) electrons. The topological polar surface area (TPSA) is 61.0 Å². The first kappa shape index (κ1) is 11.5. The highest BCUT2D eigenvalue weighted by molar-refractivity contribution is 5.00. The molecular weight excluding hydrogens is 202 g/mol. The average molecular weight is 221 g/mol. The summed E-state index contributed by atoms with van der Waals surface area (Å²) in [5.74, 6) is 0. The third-order valence-electron chi connectivity index (χ3n) is 3.03. The average Bonchev–Trinajstić information content (AvgIpc) is 2.83. The Bertz CT molecular complexity index is 298. The third-order valence-corrected chi connectivity index (χ3v) is 3.03. The Kier molecular flexibility index (Phi) is 4.25. The molecule has 16 heavy (non-hydrogen) atoms. The third kappa shape index (κ3) is 3.25. The monoisotopic (exact) mass is 221 g/mol. The molecule has 1 saturated heterocycles. The van der Waals surface area contributed by atoms with Crippen LogP contribution in [0.5, 0.6) is 0 Å². The van der Waals surface area contributed by atoms with Crippen molar-refractivity contribution in [2.75, 3.05) is 6.61 Å². The van der Waals surface area contributed by atoms with Crippen LogP contribution in [0.4, 0.5) is 0 Å². The molecular formula is C12H19N3O. The molecule has 4 heteroatoms. The lowest BCUT2D eigenvalue weighted by Crippen LogP contribution is -2.13. The molecule has 1 fully saturated rings. The van der Waals surface area contributed by atoms with Gasteiger partial charge in [0.05, 0.1) is 11.8 Å². The molecule has 2 atom stereocenters. The SMILES string of the molecule is NC(CCCC1CCCO1)c1cnccn1. The summed E-state index contributed by atoms with van der Waals surface area (Å²) in [6.45, 7) is 0.931. The molecule has 0 amide bonds. The Hall–Kier alpha value is -1.00. The number of hydrogen-bond donors (Lipinski definition) is 1. The highest BCUT2D eigenvalue weighted by Gasteiger charge is 2.15. The summed E-state index contributed by atoms with van der Waals surface area (Å²) in [5, 5.41) is 0. The van der Waals surface area contributed by atoms with Crippen molar-refractivity contribution in [3.8, 4) is 0 Å². The summed E-state index contributed by atoms with van der Waals surface area (Å²) in [7, 11) is 0. The van der Waals surface area contributed by atoms with Crippen molar-refractivity contribution in [3.63, 3.8) is 0 Å². The van der Waals surface area contributed by atoms with E-state index < -0.39 is 0 Å². The number of rotatable bonds is 5. The minimum atomic E-state index is 0.00935. The predicted octanol–water partition coefficient (Wildman–Crippen LogP) is 1.83. The fraction of sp³-hybridized carbons (Fsp3) is 0.667. The van der Waals surface area contributed by atoms with Crippen LogP contribution in [0.25, 0.3) is 0 Å². The van der Waals surface area contributed by atoms with Crippen molar-refractivity contribution in [3.05, 3.63) is 24.3 Å². The maximum absolute atomic E-state index is 6.04. The molecule has 88 valence electrons. The van der Waals surface area contributed by atoms with Gasteiger partial charge in [0.15, 0.2) is 0 Å². The summed E-state index contributed by atoms with van der Waals surface area (Å²) in [6.07, 6.45) is 11.2. The molecule has 0 spiro atoms. The van der Waals surface area contributed by atoms with Crippen LogP contribution in [0, 0.1) is 0 Å². The van der Waals surface area contributed by atoms with Crippen LogP contribution in [0.1, 0.15) is 43.8 Å². The van der Waals surface area contributed by atoms with Gasteiger partial charge in [-0.3, -0.25) is 9.97 Å². The van der Waals surface area contributed by atoms with Crippen LogP contribution < -0.4 is 5.73 Å². The Morgan fingerprint density at radius 3 is 3.12 bits per heavy atom. The highest BCUT2D eigenvalue weighted by atomic mass is 16.5. The first-order valence-electron chi connectivity index (χ1n) is 5.99. The van der Waals surface area contributed by atoms with Gasteiger partial charge < -0.3 is 10.5 Å². The van der Waals surface area contributed by atoms with Crippen molar-refractivity contribution in [2.24, 2.45) is 5.73 Å². The lowest BCUT2D eigenvalue weighted by atomic mass is 10.0. The summed E-state index contributed by atoms with van der Waals surface area (Å²) in [5.41, 5.74) is 6.92. The maximum Gasteiger partial charge on any atom is 0.0753 e. The van der Waals surface area contributed by atoms with E-state index in [4.69, 9.17) is 10.5 Å². The highest BCUT2D eigenvalue weighted by Crippen LogP contribution is 2.20.